The van der Waals surface area contributed by atoms with Gasteiger partial charge in [-0.1, -0.05) is 0 Å². The van der Waals surface area contributed by atoms with Gasteiger partial charge in [-0.2, -0.15) is 0 Å². The van der Waals surface area contributed by atoms with E-state index >= 15 is 0 Å². The molecular formula is C13H18BrNO4S2. The molecule has 0 spiro atoms. The first-order valence-corrected chi connectivity index (χ1v) is 9.86. The van der Waals surface area contributed by atoms with Crippen LogP contribution in [0.3, 0.4) is 0 Å². The zero-order valence-corrected chi connectivity index (χ0v) is 15.3. The molecular weight excluding hydrogens is 378 g/mol. The highest BCUT2D eigenvalue weighted by Gasteiger charge is 2.38. The molecule has 1 unspecified atom stereocenters. The van der Waals surface area contributed by atoms with Crippen LogP contribution >= 0.6 is 27.3 Å². The van der Waals surface area contributed by atoms with Crippen LogP contribution in [0, 0.1) is 0 Å². The minimum Gasteiger partial charge on any atom is -0.444 e. The summed E-state index contributed by atoms with van der Waals surface area (Å²) in [7, 11) is -3.23. The number of carbonyl (C=O) groups excluding carboxylic acids is 1. The number of hydrogen-bond acceptors (Lipinski definition) is 5. The van der Waals surface area contributed by atoms with E-state index in [1.165, 1.54) is 16.2 Å². The molecule has 0 bridgehead atoms. The van der Waals surface area contributed by atoms with Crippen LogP contribution in [0.15, 0.2) is 15.9 Å². The Balaban J connectivity index is 2.18. The average Bonchev–Trinajstić information content (AvgIpc) is 2.72. The van der Waals surface area contributed by atoms with Crippen molar-refractivity contribution in [3.05, 3.63) is 20.8 Å². The Morgan fingerprint density at radius 1 is 1.43 bits per heavy atom. The van der Waals surface area contributed by atoms with Crippen molar-refractivity contribution in [2.45, 2.75) is 31.6 Å². The van der Waals surface area contributed by atoms with E-state index in [9.17, 15) is 13.2 Å². The number of rotatable bonds is 1. The van der Waals surface area contributed by atoms with Crippen LogP contribution in [-0.2, 0) is 14.6 Å². The van der Waals surface area contributed by atoms with Crippen LogP contribution in [0.5, 0.6) is 0 Å². The second kappa shape index (κ2) is 5.89. The second-order valence-corrected chi connectivity index (χ2v) is 10.7. The van der Waals surface area contributed by atoms with Crippen molar-refractivity contribution in [1.29, 1.82) is 0 Å². The summed E-state index contributed by atoms with van der Waals surface area (Å²) < 4.78 is 30.7. The Bertz CT molecular complexity index is 633. The Kier molecular flexibility index (Phi) is 4.70. The lowest BCUT2D eigenvalue weighted by Crippen LogP contribution is -2.47. The predicted octanol–water partition coefficient (Wildman–Crippen LogP) is 3.22. The third kappa shape index (κ3) is 4.20. The topological polar surface area (TPSA) is 63.7 Å². The zero-order chi connectivity index (χ0) is 15.8. The van der Waals surface area contributed by atoms with Crippen LogP contribution in [0.1, 0.15) is 30.9 Å². The van der Waals surface area contributed by atoms with Crippen molar-refractivity contribution in [1.82, 2.24) is 4.90 Å². The van der Waals surface area contributed by atoms with Gasteiger partial charge in [0.05, 0.1) is 9.54 Å². The van der Waals surface area contributed by atoms with Crippen molar-refractivity contribution in [2.24, 2.45) is 0 Å². The third-order valence-electron chi connectivity index (χ3n) is 3.03. The molecule has 2 rings (SSSR count). The molecule has 1 aliphatic heterocycles. The van der Waals surface area contributed by atoms with Gasteiger partial charge in [-0.25, -0.2) is 13.2 Å². The number of thiophene rings is 1. The quantitative estimate of drug-likeness (QED) is 0.731. The highest BCUT2D eigenvalue weighted by Crippen LogP contribution is 2.35. The van der Waals surface area contributed by atoms with Crippen LogP contribution < -0.4 is 0 Å². The highest BCUT2D eigenvalue weighted by molar-refractivity contribution is 9.11. The molecule has 1 atom stereocenters. The summed E-state index contributed by atoms with van der Waals surface area (Å²) in [6.07, 6.45) is -0.460. The molecule has 0 N–H and O–H groups in total. The summed E-state index contributed by atoms with van der Waals surface area (Å²) >= 11 is 4.72. The van der Waals surface area contributed by atoms with E-state index in [-0.39, 0.29) is 18.8 Å². The van der Waals surface area contributed by atoms with Crippen LogP contribution in [0.25, 0.3) is 0 Å². The lowest BCUT2D eigenvalue weighted by atomic mass is 10.2. The van der Waals surface area contributed by atoms with E-state index in [1.54, 1.807) is 26.8 Å². The molecule has 0 radical (unpaired) electrons. The number of carbonyl (C=O) groups is 1. The van der Waals surface area contributed by atoms with E-state index in [0.717, 1.165) is 8.66 Å². The number of halogens is 1. The molecule has 1 amide bonds. The van der Waals surface area contributed by atoms with E-state index in [2.05, 4.69) is 15.9 Å². The first kappa shape index (κ1) is 16.8. The summed E-state index contributed by atoms with van der Waals surface area (Å²) in [5.41, 5.74) is -0.588. The van der Waals surface area contributed by atoms with Gasteiger partial charge in [-0.3, -0.25) is 0 Å². The number of amides is 1. The molecule has 5 nitrogen and oxygen atoms in total. The van der Waals surface area contributed by atoms with Crippen molar-refractivity contribution in [3.63, 3.8) is 0 Å². The first-order chi connectivity index (χ1) is 9.58. The van der Waals surface area contributed by atoms with Crippen LogP contribution in [0.2, 0.25) is 0 Å². The van der Waals surface area contributed by atoms with Gasteiger partial charge in [-0.15, -0.1) is 11.3 Å². The van der Waals surface area contributed by atoms with Crippen molar-refractivity contribution < 1.29 is 17.9 Å². The molecule has 118 valence electrons. The Morgan fingerprint density at radius 2 is 2.10 bits per heavy atom. The van der Waals surface area contributed by atoms with Crippen molar-refractivity contribution in [2.75, 3.05) is 18.8 Å². The summed E-state index contributed by atoms with van der Waals surface area (Å²) in [5.74, 6) is -0.0353. The molecule has 21 heavy (non-hydrogen) atoms. The average molecular weight is 396 g/mol. The second-order valence-electron chi connectivity index (χ2n) is 5.92. The van der Waals surface area contributed by atoms with Crippen molar-refractivity contribution >= 4 is 43.2 Å². The Labute approximate surface area is 137 Å². The molecule has 0 saturated carbocycles. The fraction of sp³-hybridized carbons (Fsp3) is 0.615. The van der Waals surface area contributed by atoms with Crippen LogP contribution in [0.4, 0.5) is 4.79 Å². The largest absolute Gasteiger partial charge is 0.444 e. The fourth-order valence-corrected chi connectivity index (χ4v) is 5.62. The summed E-state index contributed by atoms with van der Waals surface area (Å²) in [6, 6.07) is 3.61. The molecule has 1 saturated heterocycles. The molecule has 0 aliphatic carbocycles. The molecule has 0 aromatic carbocycles. The van der Waals surface area contributed by atoms with E-state index in [4.69, 9.17) is 4.74 Å². The zero-order valence-electron chi connectivity index (χ0n) is 12.1. The van der Waals surface area contributed by atoms with Crippen LogP contribution in [-0.4, -0.2) is 43.9 Å². The molecule has 1 fully saturated rings. The van der Waals surface area contributed by atoms with Gasteiger partial charge in [0.2, 0.25) is 0 Å². The minimum absolute atomic E-state index is 0.0353. The Hall–Kier alpha value is -0.600. The van der Waals surface area contributed by atoms with Gasteiger partial charge in [0.15, 0.2) is 9.84 Å². The summed E-state index contributed by atoms with van der Waals surface area (Å²) in [5, 5.41) is -0.671. The standard InChI is InChI=1S/C13H18BrNO4S2/c1-13(2,3)19-12(16)15-6-7-21(17,18)10(8-15)9-4-5-11(14)20-9/h4-5,10H,6-8H2,1-3H3. The normalized spacial score (nSPS) is 22.1. The number of nitrogens with zero attached hydrogens (tertiary/aromatic N) is 1. The van der Waals surface area contributed by atoms with E-state index in [0.29, 0.717) is 0 Å². The molecule has 1 aromatic rings. The van der Waals surface area contributed by atoms with Gasteiger partial charge < -0.3 is 9.64 Å². The third-order valence-corrected chi connectivity index (χ3v) is 6.94. The number of hydrogen-bond donors (Lipinski definition) is 0. The molecule has 2 heterocycles. The minimum atomic E-state index is -3.23. The van der Waals surface area contributed by atoms with Gasteiger partial charge in [0.25, 0.3) is 0 Å². The lowest BCUT2D eigenvalue weighted by Gasteiger charge is -2.33. The SMILES string of the molecule is CC(C)(C)OC(=O)N1CCS(=O)(=O)C(c2ccc(Br)s2)C1. The number of ether oxygens (including phenoxy) is 1. The molecule has 1 aliphatic rings. The van der Waals surface area contributed by atoms with Gasteiger partial charge in [-0.05, 0) is 48.8 Å². The smallest absolute Gasteiger partial charge is 0.410 e. The summed E-state index contributed by atoms with van der Waals surface area (Å²) in [6.45, 7) is 5.70. The Morgan fingerprint density at radius 3 is 2.62 bits per heavy atom. The predicted molar refractivity (Wildman–Crippen MR) is 86.4 cm³/mol. The van der Waals surface area contributed by atoms with Gasteiger partial charge in [0, 0.05) is 18.0 Å². The maximum Gasteiger partial charge on any atom is 0.410 e. The van der Waals surface area contributed by atoms with E-state index in [1.807, 2.05) is 6.07 Å². The maximum absolute atomic E-state index is 12.3. The summed E-state index contributed by atoms with van der Waals surface area (Å²) in [4.78, 5) is 14.3. The first-order valence-electron chi connectivity index (χ1n) is 6.53. The monoisotopic (exact) mass is 395 g/mol. The van der Waals surface area contributed by atoms with Gasteiger partial charge in [0.1, 0.15) is 10.9 Å². The highest BCUT2D eigenvalue weighted by atomic mass is 79.9. The van der Waals surface area contributed by atoms with E-state index < -0.39 is 26.8 Å². The van der Waals surface area contributed by atoms with Gasteiger partial charge >= 0.3 is 6.09 Å². The number of sulfone groups is 1. The van der Waals surface area contributed by atoms with Crippen molar-refractivity contribution in [3.8, 4) is 0 Å². The fourth-order valence-electron chi connectivity index (χ4n) is 2.05. The molecule has 8 heteroatoms. The molecule has 1 aromatic heterocycles. The maximum atomic E-state index is 12.3. The lowest BCUT2D eigenvalue weighted by molar-refractivity contribution is 0.0254.